The fraction of sp³-hybridized carbons (Fsp3) is 0.458. The van der Waals surface area contributed by atoms with Gasteiger partial charge in [-0.15, -0.1) is 0 Å². The van der Waals surface area contributed by atoms with Crippen molar-refractivity contribution in [2.45, 2.75) is 37.9 Å². The normalized spacial score (nSPS) is 19.6. The van der Waals surface area contributed by atoms with Gasteiger partial charge in [0.25, 0.3) is 0 Å². The second-order valence-electron chi connectivity index (χ2n) is 8.39. The molecule has 2 atom stereocenters. The number of halogens is 1. The lowest BCUT2D eigenvalue weighted by Crippen LogP contribution is -2.54. The van der Waals surface area contributed by atoms with Gasteiger partial charge in [0, 0.05) is 42.3 Å². The molecule has 2 aromatic carbocycles. The molecule has 2 fully saturated rings. The first kappa shape index (κ1) is 22.1. The first-order chi connectivity index (χ1) is 15.0. The molecule has 1 aliphatic carbocycles. The molecule has 31 heavy (non-hydrogen) atoms. The van der Waals surface area contributed by atoms with Crippen LogP contribution in [0, 0.1) is 0 Å². The van der Waals surface area contributed by atoms with Gasteiger partial charge < -0.3 is 15.2 Å². The van der Waals surface area contributed by atoms with E-state index in [0.29, 0.717) is 11.8 Å². The molecule has 0 spiro atoms. The highest BCUT2D eigenvalue weighted by molar-refractivity contribution is 9.10. The minimum atomic E-state index is -0.128. The smallest absolute Gasteiger partial charge is 0.237 e. The van der Waals surface area contributed by atoms with E-state index < -0.39 is 0 Å². The Hall–Kier alpha value is -2.09. The van der Waals surface area contributed by atoms with Crippen molar-refractivity contribution in [1.29, 1.82) is 0 Å². The summed E-state index contributed by atoms with van der Waals surface area (Å²) in [6.45, 7) is 5.19. The van der Waals surface area contributed by atoms with Crippen LogP contribution < -0.4 is 10.1 Å². The molecular formula is C24H30BrN3O3. The van der Waals surface area contributed by atoms with Crippen LogP contribution in [0.2, 0.25) is 0 Å². The highest BCUT2D eigenvalue weighted by Gasteiger charge is 2.33. The van der Waals surface area contributed by atoms with E-state index in [2.05, 4.69) is 43.2 Å². The van der Waals surface area contributed by atoms with Crippen LogP contribution >= 0.6 is 15.9 Å². The number of phenols is 1. The van der Waals surface area contributed by atoms with Gasteiger partial charge in [-0.05, 0) is 37.5 Å². The van der Waals surface area contributed by atoms with Gasteiger partial charge in [-0.25, -0.2) is 0 Å². The van der Waals surface area contributed by atoms with Crippen LogP contribution in [0.3, 0.4) is 0 Å². The molecule has 6 nitrogen and oxygen atoms in total. The third-order valence-electron chi connectivity index (χ3n) is 6.26. The quantitative estimate of drug-likeness (QED) is 0.625. The molecule has 2 aliphatic rings. The molecule has 1 heterocycles. The summed E-state index contributed by atoms with van der Waals surface area (Å²) in [6, 6.07) is 14.1. The van der Waals surface area contributed by atoms with Gasteiger partial charge in [0.15, 0.2) is 11.5 Å². The third kappa shape index (κ3) is 5.05. The van der Waals surface area contributed by atoms with Gasteiger partial charge >= 0.3 is 0 Å². The second-order valence-corrected chi connectivity index (χ2v) is 9.31. The SMILES string of the molecule is COc1cc(Br)cc([C@@H](c2ccccc2)N2CCN([C@@H](C)C(=O)NC3CC3)CC2)c1O. The fourth-order valence-electron chi connectivity index (χ4n) is 4.28. The first-order valence-corrected chi connectivity index (χ1v) is 11.7. The maximum absolute atomic E-state index is 12.5. The highest BCUT2D eigenvalue weighted by atomic mass is 79.9. The van der Waals surface area contributed by atoms with E-state index in [-0.39, 0.29) is 23.7 Å². The van der Waals surface area contributed by atoms with E-state index in [0.717, 1.165) is 54.6 Å². The number of piperazine rings is 1. The van der Waals surface area contributed by atoms with E-state index in [1.807, 2.05) is 31.2 Å². The Kier molecular flexibility index (Phi) is 6.84. The fourth-order valence-corrected chi connectivity index (χ4v) is 4.73. The molecule has 4 rings (SSSR count). The highest BCUT2D eigenvalue weighted by Crippen LogP contribution is 2.42. The van der Waals surface area contributed by atoms with Crippen molar-refractivity contribution in [3.63, 3.8) is 0 Å². The van der Waals surface area contributed by atoms with Crippen molar-refractivity contribution in [3.8, 4) is 11.5 Å². The standard InChI is InChI=1S/C24H30BrN3O3/c1-16(24(30)26-19-8-9-19)27-10-12-28(13-11-27)22(17-6-4-3-5-7-17)20-14-18(25)15-21(31-2)23(20)29/h3-7,14-16,19,22,29H,8-13H2,1-2H3,(H,26,30)/t16-,22+/m0/s1. The van der Waals surface area contributed by atoms with Gasteiger partial charge in [0.05, 0.1) is 19.2 Å². The molecule has 0 radical (unpaired) electrons. The van der Waals surface area contributed by atoms with Crippen LogP contribution in [0.4, 0.5) is 0 Å². The van der Waals surface area contributed by atoms with Crippen LogP contribution in [0.25, 0.3) is 0 Å². The van der Waals surface area contributed by atoms with E-state index in [1.165, 1.54) is 0 Å². The van der Waals surface area contributed by atoms with E-state index in [9.17, 15) is 9.90 Å². The number of nitrogens with zero attached hydrogens (tertiary/aromatic N) is 2. The average molecular weight is 488 g/mol. The molecule has 0 unspecified atom stereocenters. The molecule has 1 saturated heterocycles. The lowest BCUT2D eigenvalue weighted by atomic mass is 9.95. The zero-order valence-corrected chi connectivity index (χ0v) is 19.6. The molecule has 2 N–H and O–H groups in total. The second kappa shape index (κ2) is 9.59. The minimum absolute atomic E-state index is 0.106. The van der Waals surface area contributed by atoms with Crippen LogP contribution in [0.15, 0.2) is 46.9 Å². The summed E-state index contributed by atoms with van der Waals surface area (Å²) >= 11 is 3.56. The summed E-state index contributed by atoms with van der Waals surface area (Å²) in [5.41, 5.74) is 1.93. The van der Waals surface area contributed by atoms with Crippen molar-refractivity contribution in [2.75, 3.05) is 33.3 Å². The number of rotatable bonds is 7. The Morgan fingerprint density at radius 2 is 1.77 bits per heavy atom. The predicted octanol–water partition coefficient (Wildman–Crippen LogP) is 3.54. The van der Waals surface area contributed by atoms with Crippen molar-refractivity contribution in [2.24, 2.45) is 0 Å². The largest absolute Gasteiger partial charge is 0.504 e. The Morgan fingerprint density at radius 3 is 2.39 bits per heavy atom. The van der Waals surface area contributed by atoms with Crippen LogP contribution in [-0.4, -0.2) is 66.2 Å². The number of carbonyl (C=O) groups is 1. The molecule has 1 saturated carbocycles. The van der Waals surface area contributed by atoms with Crippen molar-refractivity contribution >= 4 is 21.8 Å². The van der Waals surface area contributed by atoms with E-state index in [4.69, 9.17) is 4.74 Å². The molecular weight excluding hydrogens is 458 g/mol. The molecule has 0 aromatic heterocycles. The van der Waals surface area contributed by atoms with Gasteiger partial charge in [0.2, 0.25) is 5.91 Å². The summed E-state index contributed by atoms with van der Waals surface area (Å²) in [5, 5.41) is 14.1. The summed E-state index contributed by atoms with van der Waals surface area (Å²) in [4.78, 5) is 17.1. The van der Waals surface area contributed by atoms with Gasteiger partial charge in [0.1, 0.15) is 0 Å². The maximum atomic E-state index is 12.5. The Morgan fingerprint density at radius 1 is 1.13 bits per heavy atom. The number of nitrogens with one attached hydrogen (secondary N) is 1. The Bertz CT molecular complexity index is 912. The van der Waals surface area contributed by atoms with Crippen molar-refractivity contribution in [3.05, 3.63) is 58.1 Å². The number of methoxy groups -OCH3 is 1. The number of carbonyl (C=O) groups excluding carboxylic acids is 1. The Labute approximate surface area is 192 Å². The Balaban J connectivity index is 1.55. The lowest BCUT2D eigenvalue weighted by molar-refractivity contribution is -0.126. The maximum Gasteiger partial charge on any atom is 0.237 e. The molecule has 166 valence electrons. The lowest BCUT2D eigenvalue weighted by Gasteiger charge is -2.41. The molecule has 7 heteroatoms. The monoisotopic (exact) mass is 487 g/mol. The molecule has 2 aromatic rings. The number of amides is 1. The summed E-state index contributed by atoms with van der Waals surface area (Å²) in [5.74, 6) is 0.749. The van der Waals surface area contributed by atoms with E-state index in [1.54, 1.807) is 13.2 Å². The minimum Gasteiger partial charge on any atom is -0.504 e. The molecule has 1 amide bonds. The topological polar surface area (TPSA) is 65.0 Å². The zero-order valence-electron chi connectivity index (χ0n) is 18.1. The summed E-state index contributed by atoms with van der Waals surface area (Å²) in [7, 11) is 1.57. The van der Waals surface area contributed by atoms with Crippen LogP contribution in [0.1, 0.15) is 36.9 Å². The number of ether oxygens (including phenoxy) is 1. The number of benzene rings is 2. The average Bonchev–Trinajstić information content (AvgIpc) is 3.60. The third-order valence-corrected chi connectivity index (χ3v) is 6.72. The number of phenolic OH excluding ortho intramolecular Hbond substituents is 1. The van der Waals surface area contributed by atoms with Gasteiger partial charge in [-0.2, -0.15) is 0 Å². The van der Waals surface area contributed by atoms with Crippen molar-refractivity contribution < 1.29 is 14.6 Å². The first-order valence-electron chi connectivity index (χ1n) is 10.9. The predicted molar refractivity (Wildman–Crippen MR) is 124 cm³/mol. The number of hydrogen-bond donors (Lipinski definition) is 2. The van der Waals surface area contributed by atoms with Crippen molar-refractivity contribution in [1.82, 2.24) is 15.1 Å². The van der Waals surface area contributed by atoms with Gasteiger partial charge in [-0.3, -0.25) is 14.6 Å². The number of aromatic hydroxyl groups is 1. The molecule has 1 aliphatic heterocycles. The van der Waals surface area contributed by atoms with Crippen LogP contribution in [-0.2, 0) is 4.79 Å². The van der Waals surface area contributed by atoms with Gasteiger partial charge in [-0.1, -0.05) is 46.3 Å². The van der Waals surface area contributed by atoms with E-state index >= 15 is 0 Å². The van der Waals surface area contributed by atoms with Crippen LogP contribution in [0.5, 0.6) is 11.5 Å². The number of hydrogen-bond acceptors (Lipinski definition) is 5. The molecule has 0 bridgehead atoms. The summed E-state index contributed by atoms with van der Waals surface area (Å²) < 4.78 is 6.26. The summed E-state index contributed by atoms with van der Waals surface area (Å²) in [6.07, 6.45) is 2.20. The zero-order chi connectivity index (χ0) is 22.0.